The predicted octanol–water partition coefficient (Wildman–Crippen LogP) is 3.50. The third-order valence-corrected chi connectivity index (χ3v) is 3.41. The van der Waals surface area contributed by atoms with Gasteiger partial charge in [-0.1, -0.05) is 6.07 Å². The van der Waals surface area contributed by atoms with Crippen LogP contribution in [0.4, 0.5) is 5.69 Å². The van der Waals surface area contributed by atoms with E-state index in [0.29, 0.717) is 29.2 Å². The van der Waals surface area contributed by atoms with Crippen molar-refractivity contribution in [1.29, 1.82) is 0 Å². The van der Waals surface area contributed by atoms with Gasteiger partial charge in [-0.2, -0.15) is 0 Å². The lowest BCUT2D eigenvalue weighted by Crippen LogP contribution is -2.08. The van der Waals surface area contributed by atoms with E-state index in [1.165, 1.54) is 0 Å². The number of ether oxygens (including phenoxy) is 1. The maximum Gasteiger partial charge on any atom is 0.198 e. The largest absolute Gasteiger partial charge is 0.493 e. The van der Waals surface area contributed by atoms with Crippen LogP contribution in [0.25, 0.3) is 0 Å². The number of ketones is 1. The molecule has 2 N–H and O–H groups in total. The van der Waals surface area contributed by atoms with Crippen molar-refractivity contribution in [3.05, 3.63) is 57.2 Å². The normalized spacial score (nSPS) is 10.2. The van der Waals surface area contributed by atoms with Crippen molar-refractivity contribution in [1.82, 2.24) is 0 Å². The molecule has 3 nitrogen and oxygen atoms in total. The Bertz CT molecular complexity index is 594. The molecule has 0 spiro atoms. The zero-order valence-corrected chi connectivity index (χ0v) is 12.7. The highest BCUT2D eigenvalue weighted by atomic mass is 127. The molecular weight excluding hydrogens is 353 g/mol. The molecule has 0 fully saturated rings. The Kier molecular flexibility index (Phi) is 4.42. The molecule has 0 unspecified atom stereocenters. The molecular formula is C15H14INO2. The molecule has 0 radical (unpaired) electrons. The fourth-order valence-electron chi connectivity index (χ4n) is 1.81. The van der Waals surface area contributed by atoms with E-state index in [1.54, 1.807) is 30.3 Å². The highest BCUT2D eigenvalue weighted by molar-refractivity contribution is 14.1. The molecule has 2 rings (SSSR count). The zero-order chi connectivity index (χ0) is 13.8. The Hall–Kier alpha value is -1.56. The van der Waals surface area contributed by atoms with E-state index < -0.39 is 0 Å². The molecule has 0 saturated carbocycles. The van der Waals surface area contributed by atoms with E-state index in [1.807, 2.05) is 19.1 Å². The lowest BCUT2D eigenvalue weighted by atomic mass is 10.0. The summed E-state index contributed by atoms with van der Waals surface area (Å²) in [5, 5.41) is 0. The Balaban J connectivity index is 2.46. The summed E-state index contributed by atoms with van der Waals surface area (Å²) in [6.07, 6.45) is 0. The number of hydrogen-bond donors (Lipinski definition) is 1. The predicted molar refractivity (Wildman–Crippen MR) is 84.6 cm³/mol. The minimum atomic E-state index is -0.113. The number of rotatable bonds is 4. The van der Waals surface area contributed by atoms with Crippen molar-refractivity contribution in [2.24, 2.45) is 0 Å². The van der Waals surface area contributed by atoms with Gasteiger partial charge in [0.2, 0.25) is 0 Å². The molecule has 0 saturated heterocycles. The summed E-state index contributed by atoms with van der Waals surface area (Å²) >= 11 is 2.20. The highest BCUT2D eigenvalue weighted by Crippen LogP contribution is 2.27. The van der Waals surface area contributed by atoms with Gasteiger partial charge in [0.1, 0.15) is 5.75 Å². The van der Waals surface area contributed by atoms with E-state index >= 15 is 0 Å². The Morgan fingerprint density at radius 1 is 1.21 bits per heavy atom. The third kappa shape index (κ3) is 3.07. The van der Waals surface area contributed by atoms with Crippen molar-refractivity contribution in [3.63, 3.8) is 0 Å². The second-order valence-corrected chi connectivity index (χ2v) is 5.24. The van der Waals surface area contributed by atoms with Crippen LogP contribution in [-0.2, 0) is 0 Å². The van der Waals surface area contributed by atoms with Crippen LogP contribution in [0.15, 0.2) is 42.5 Å². The van der Waals surface area contributed by atoms with E-state index in [-0.39, 0.29) is 5.78 Å². The minimum absolute atomic E-state index is 0.113. The summed E-state index contributed by atoms with van der Waals surface area (Å²) in [6, 6.07) is 12.6. The lowest BCUT2D eigenvalue weighted by molar-refractivity contribution is 0.103. The van der Waals surface area contributed by atoms with Crippen molar-refractivity contribution < 1.29 is 9.53 Å². The van der Waals surface area contributed by atoms with Crippen LogP contribution in [0.2, 0.25) is 0 Å². The molecule has 2 aromatic rings. The molecule has 0 atom stereocenters. The van der Waals surface area contributed by atoms with Gasteiger partial charge in [-0.25, -0.2) is 0 Å². The molecule has 0 aromatic heterocycles. The van der Waals surface area contributed by atoms with Gasteiger partial charge in [0, 0.05) is 14.8 Å². The molecule has 0 amide bonds. The summed E-state index contributed by atoms with van der Waals surface area (Å²) in [5.41, 5.74) is 7.40. The van der Waals surface area contributed by atoms with Crippen LogP contribution >= 0.6 is 22.6 Å². The van der Waals surface area contributed by atoms with Crippen LogP contribution in [-0.4, -0.2) is 12.4 Å². The minimum Gasteiger partial charge on any atom is -0.493 e. The number of benzene rings is 2. The van der Waals surface area contributed by atoms with Crippen LogP contribution in [0.1, 0.15) is 22.8 Å². The fraction of sp³-hybridized carbons (Fsp3) is 0.133. The first kappa shape index (κ1) is 13.9. The van der Waals surface area contributed by atoms with E-state index in [2.05, 4.69) is 22.6 Å². The van der Waals surface area contributed by atoms with Crippen molar-refractivity contribution >= 4 is 34.1 Å². The monoisotopic (exact) mass is 367 g/mol. The van der Waals surface area contributed by atoms with E-state index in [4.69, 9.17) is 10.5 Å². The summed E-state index contributed by atoms with van der Waals surface area (Å²) in [5.74, 6) is 0.420. The number of hydrogen-bond acceptors (Lipinski definition) is 3. The van der Waals surface area contributed by atoms with Gasteiger partial charge < -0.3 is 10.5 Å². The number of nitrogen functional groups attached to an aromatic ring is 1. The number of carbonyl (C=O) groups is 1. The summed E-state index contributed by atoms with van der Waals surface area (Å²) in [4.78, 5) is 12.5. The highest BCUT2D eigenvalue weighted by Gasteiger charge is 2.17. The number of halogens is 1. The number of anilines is 1. The molecule has 0 heterocycles. The SMILES string of the molecule is CCOc1cccc(N)c1C(=O)c1ccc(I)cc1. The van der Waals surface area contributed by atoms with Gasteiger partial charge in [0.05, 0.1) is 12.2 Å². The number of nitrogens with two attached hydrogens (primary N) is 1. The number of carbonyl (C=O) groups excluding carboxylic acids is 1. The standard InChI is InChI=1S/C15H14INO2/c1-2-19-13-5-3-4-12(17)14(13)15(18)10-6-8-11(16)9-7-10/h3-9H,2,17H2,1H3. The average Bonchev–Trinajstić information content (AvgIpc) is 2.39. The first-order valence-electron chi connectivity index (χ1n) is 5.95. The maximum atomic E-state index is 12.5. The molecule has 19 heavy (non-hydrogen) atoms. The van der Waals surface area contributed by atoms with Crippen LogP contribution in [0, 0.1) is 3.57 Å². The quantitative estimate of drug-likeness (QED) is 0.511. The van der Waals surface area contributed by atoms with Crippen LogP contribution in [0.3, 0.4) is 0 Å². The smallest absolute Gasteiger partial charge is 0.198 e. The van der Waals surface area contributed by atoms with Gasteiger partial charge in [-0.3, -0.25) is 4.79 Å². The topological polar surface area (TPSA) is 52.3 Å². The van der Waals surface area contributed by atoms with E-state index in [9.17, 15) is 4.79 Å². The first-order valence-corrected chi connectivity index (χ1v) is 7.03. The molecule has 0 aliphatic rings. The molecule has 0 bridgehead atoms. The van der Waals surface area contributed by atoms with Crippen LogP contribution < -0.4 is 10.5 Å². The fourth-order valence-corrected chi connectivity index (χ4v) is 2.17. The van der Waals surface area contributed by atoms with Crippen molar-refractivity contribution in [2.75, 3.05) is 12.3 Å². The third-order valence-electron chi connectivity index (χ3n) is 2.69. The molecule has 0 aliphatic carbocycles. The average molecular weight is 367 g/mol. The van der Waals surface area contributed by atoms with Gasteiger partial charge in [-0.15, -0.1) is 0 Å². The second-order valence-electron chi connectivity index (χ2n) is 3.99. The van der Waals surface area contributed by atoms with Gasteiger partial charge in [0.25, 0.3) is 0 Å². The van der Waals surface area contributed by atoms with Crippen LogP contribution in [0.5, 0.6) is 5.75 Å². The Morgan fingerprint density at radius 2 is 1.89 bits per heavy atom. The lowest BCUT2D eigenvalue weighted by Gasteiger charge is -2.11. The first-order chi connectivity index (χ1) is 9.13. The molecule has 0 aliphatic heterocycles. The summed E-state index contributed by atoms with van der Waals surface area (Å²) < 4.78 is 6.57. The summed E-state index contributed by atoms with van der Waals surface area (Å²) in [7, 11) is 0. The second kappa shape index (κ2) is 6.06. The van der Waals surface area contributed by atoms with Gasteiger partial charge in [-0.05, 0) is 65.9 Å². The molecule has 4 heteroatoms. The summed E-state index contributed by atoms with van der Waals surface area (Å²) in [6.45, 7) is 2.37. The van der Waals surface area contributed by atoms with Gasteiger partial charge in [0.15, 0.2) is 5.78 Å². The van der Waals surface area contributed by atoms with Crippen molar-refractivity contribution in [2.45, 2.75) is 6.92 Å². The molecule has 98 valence electrons. The van der Waals surface area contributed by atoms with Gasteiger partial charge >= 0.3 is 0 Å². The Labute approximate surface area is 125 Å². The molecule has 2 aromatic carbocycles. The van der Waals surface area contributed by atoms with Crippen molar-refractivity contribution in [3.8, 4) is 5.75 Å². The maximum absolute atomic E-state index is 12.5. The van der Waals surface area contributed by atoms with E-state index in [0.717, 1.165) is 3.57 Å². The Morgan fingerprint density at radius 3 is 2.53 bits per heavy atom. The zero-order valence-electron chi connectivity index (χ0n) is 10.5.